The number of aromatic nitrogens is 1. The first-order chi connectivity index (χ1) is 11.6. The summed E-state index contributed by atoms with van der Waals surface area (Å²) in [6, 6.07) is 10.2. The fourth-order valence-electron chi connectivity index (χ4n) is 3.71. The van der Waals surface area contributed by atoms with Gasteiger partial charge in [-0.15, -0.1) is 0 Å². The smallest absolute Gasteiger partial charge is 0.178 e. The summed E-state index contributed by atoms with van der Waals surface area (Å²) in [4.78, 5) is 18.0. The molecule has 1 aromatic carbocycles. The maximum absolute atomic E-state index is 12.5. The molecule has 0 spiro atoms. The van der Waals surface area contributed by atoms with E-state index in [4.69, 9.17) is 4.74 Å². The number of ether oxygens (including phenoxy) is 1. The second-order valence-corrected chi connectivity index (χ2v) is 6.82. The molecule has 1 N–H and O–H groups in total. The van der Waals surface area contributed by atoms with Crippen LogP contribution in [0.4, 0.5) is 0 Å². The number of carbonyl (C=O) groups is 1. The predicted octanol–water partition coefficient (Wildman–Crippen LogP) is 3.39. The summed E-state index contributed by atoms with van der Waals surface area (Å²) in [5.74, 6) is 1.77. The van der Waals surface area contributed by atoms with Crippen molar-refractivity contribution < 1.29 is 9.53 Å². The van der Waals surface area contributed by atoms with Crippen molar-refractivity contribution in [3.05, 3.63) is 52.8 Å². The molecular weight excluding hydrogens is 300 g/mol. The number of methoxy groups -OCH3 is 1. The average molecular weight is 326 g/mol. The summed E-state index contributed by atoms with van der Waals surface area (Å²) in [5.41, 5.74) is 4.12. The largest absolute Gasteiger partial charge is 0.496 e. The van der Waals surface area contributed by atoms with E-state index in [1.165, 1.54) is 5.56 Å². The van der Waals surface area contributed by atoms with Crippen LogP contribution in [0.1, 0.15) is 33.7 Å². The lowest BCUT2D eigenvalue weighted by atomic mass is 9.98. The van der Waals surface area contributed by atoms with Crippen LogP contribution >= 0.6 is 0 Å². The lowest BCUT2D eigenvalue weighted by molar-refractivity contribution is 0.0943. The number of H-pyrrole nitrogens is 1. The minimum atomic E-state index is 0.217. The van der Waals surface area contributed by atoms with Gasteiger partial charge in [-0.25, -0.2) is 0 Å². The van der Waals surface area contributed by atoms with Crippen molar-refractivity contribution in [1.29, 1.82) is 0 Å². The third kappa shape index (κ3) is 3.70. The number of aromatic amines is 1. The highest BCUT2D eigenvalue weighted by atomic mass is 16.5. The second kappa shape index (κ2) is 7.22. The summed E-state index contributed by atoms with van der Waals surface area (Å²) >= 11 is 0. The van der Waals surface area contributed by atoms with E-state index in [0.29, 0.717) is 12.5 Å². The van der Waals surface area contributed by atoms with Gasteiger partial charge in [-0.3, -0.25) is 9.69 Å². The molecule has 1 unspecified atom stereocenters. The Hall–Kier alpha value is -2.07. The number of rotatable bonds is 6. The first kappa shape index (κ1) is 16.8. The molecule has 4 nitrogen and oxygen atoms in total. The van der Waals surface area contributed by atoms with Gasteiger partial charge in [-0.05, 0) is 56.8 Å². The summed E-state index contributed by atoms with van der Waals surface area (Å²) < 4.78 is 5.45. The van der Waals surface area contributed by atoms with Crippen LogP contribution in [-0.2, 0) is 6.42 Å². The van der Waals surface area contributed by atoms with Gasteiger partial charge in [0, 0.05) is 23.5 Å². The fraction of sp³-hybridized carbons (Fsp3) is 0.450. The van der Waals surface area contributed by atoms with E-state index >= 15 is 0 Å². The summed E-state index contributed by atoms with van der Waals surface area (Å²) in [5, 5.41) is 0. The average Bonchev–Trinajstić information content (AvgIpc) is 3.13. The van der Waals surface area contributed by atoms with Gasteiger partial charge in [0.1, 0.15) is 5.75 Å². The number of benzene rings is 1. The highest BCUT2D eigenvalue weighted by Crippen LogP contribution is 2.26. The Labute approximate surface area is 143 Å². The van der Waals surface area contributed by atoms with E-state index < -0.39 is 0 Å². The molecule has 2 heterocycles. The minimum Gasteiger partial charge on any atom is -0.496 e. The second-order valence-electron chi connectivity index (χ2n) is 6.82. The van der Waals surface area contributed by atoms with Crippen LogP contribution in [-0.4, -0.2) is 42.4 Å². The first-order valence-electron chi connectivity index (χ1n) is 8.60. The number of hydrogen-bond donors (Lipinski definition) is 1. The number of para-hydroxylation sites is 1. The van der Waals surface area contributed by atoms with Crippen LogP contribution in [0.25, 0.3) is 0 Å². The molecule has 128 valence electrons. The third-order valence-electron chi connectivity index (χ3n) is 4.89. The van der Waals surface area contributed by atoms with Gasteiger partial charge in [-0.1, -0.05) is 18.2 Å². The molecule has 24 heavy (non-hydrogen) atoms. The number of carbonyl (C=O) groups excluding carboxylic acids is 1. The zero-order valence-electron chi connectivity index (χ0n) is 14.8. The monoisotopic (exact) mass is 326 g/mol. The van der Waals surface area contributed by atoms with Crippen LogP contribution in [0, 0.1) is 19.8 Å². The minimum absolute atomic E-state index is 0.217. The zero-order chi connectivity index (χ0) is 17.1. The molecule has 1 saturated heterocycles. The van der Waals surface area contributed by atoms with E-state index in [0.717, 1.165) is 48.6 Å². The molecule has 1 aliphatic heterocycles. The molecule has 1 atom stereocenters. The normalized spacial score (nSPS) is 18.0. The Morgan fingerprint density at radius 1 is 1.33 bits per heavy atom. The Balaban J connectivity index is 1.57. The number of likely N-dealkylation sites (tertiary alicyclic amines) is 1. The summed E-state index contributed by atoms with van der Waals surface area (Å²) in [7, 11) is 1.72. The Kier molecular flexibility index (Phi) is 5.05. The molecule has 4 heteroatoms. The molecule has 0 aliphatic carbocycles. The Morgan fingerprint density at radius 2 is 2.12 bits per heavy atom. The van der Waals surface area contributed by atoms with Crippen molar-refractivity contribution in [2.45, 2.75) is 26.7 Å². The van der Waals surface area contributed by atoms with Gasteiger partial charge in [0.25, 0.3) is 0 Å². The van der Waals surface area contributed by atoms with Gasteiger partial charge in [0.05, 0.1) is 13.7 Å². The summed E-state index contributed by atoms with van der Waals surface area (Å²) in [6.45, 7) is 6.44. The fourth-order valence-corrected chi connectivity index (χ4v) is 3.71. The molecule has 0 bridgehead atoms. The standard InChI is InChI=1S/C20H26N2O2/c1-14-10-18(15(2)21-14)19(23)13-22-9-8-16(12-22)11-17-6-4-5-7-20(17)24-3/h4-7,10,16,21H,8-9,11-13H2,1-3H3. The van der Waals surface area contributed by atoms with Crippen molar-refractivity contribution in [2.75, 3.05) is 26.7 Å². The molecule has 3 rings (SSSR count). The van der Waals surface area contributed by atoms with Crippen LogP contribution in [0.15, 0.2) is 30.3 Å². The number of nitrogens with one attached hydrogen (secondary N) is 1. The number of hydrogen-bond acceptors (Lipinski definition) is 3. The molecule has 1 aromatic heterocycles. The van der Waals surface area contributed by atoms with Crippen molar-refractivity contribution in [2.24, 2.45) is 5.92 Å². The number of nitrogens with zero attached hydrogens (tertiary/aromatic N) is 1. The van der Waals surface area contributed by atoms with Crippen molar-refractivity contribution >= 4 is 5.78 Å². The van der Waals surface area contributed by atoms with Crippen molar-refractivity contribution in [3.8, 4) is 5.75 Å². The predicted molar refractivity (Wildman–Crippen MR) is 95.8 cm³/mol. The molecule has 2 aromatic rings. The number of Topliss-reactive ketones (excluding diaryl/α,β-unsaturated/α-hetero) is 1. The van der Waals surface area contributed by atoms with Crippen LogP contribution in [0.2, 0.25) is 0 Å². The number of aryl methyl sites for hydroxylation is 2. The zero-order valence-corrected chi connectivity index (χ0v) is 14.8. The lowest BCUT2D eigenvalue weighted by Gasteiger charge is -2.16. The van der Waals surface area contributed by atoms with E-state index in [1.807, 2.05) is 32.0 Å². The Bertz CT molecular complexity index is 720. The molecule has 0 radical (unpaired) electrons. The van der Waals surface area contributed by atoms with Crippen LogP contribution < -0.4 is 4.74 Å². The van der Waals surface area contributed by atoms with Gasteiger partial charge in [-0.2, -0.15) is 0 Å². The van der Waals surface area contributed by atoms with Gasteiger partial charge >= 0.3 is 0 Å². The topological polar surface area (TPSA) is 45.3 Å². The van der Waals surface area contributed by atoms with Gasteiger partial charge in [0.2, 0.25) is 0 Å². The molecule has 1 aliphatic rings. The molecular formula is C20H26N2O2. The highest BCUT2D eigenvalue weighted by Gasteiger charge is 2.26. The maximum Gasteiger partial charge on any atom is 0.178 e. The Morgan fingerprint density at radius 3 is 2.83 bits per heavy atom. The van der Waals surface area contributed by atoms with Crippen LogP contribution in [0.3, 0.4) is 0 Å². The highest BCUT2D eigenvalue weighted by molar-refractivity contribution is 5.98. The van der Waals surface area contributed by atoms with E-state index in [-0.39, 0.29) is 5.78 Å². The molecule has 0 saturated carbocycles. The van der Waals surface area contributed by atoms with Crippen molar-refractivity contribution in [3.63, 3.8) is 0 Å². The summed E-state index contributed by atoms with van der Waals surface area (Å²) in [6.07, 6.45) is 2.15. The lowest BCUT2D eigenvalue weighted by Crippen LogP contribution is -2.28. The molecule has 1 fully saturated rings. The SMILES string of the molecule is COc1ccccc1CC1CCN(CC(=O)c2cc(C)[nH]c2C)C1. The van der Waals surface area contributed by atoms with Gasteiger partial charge in [0.15, 0.2) is 5.78 Å². The van der Waals surface area contributed by atoms with E-state index in [9.17, 15) is 4.79 Å². The maximum atomic E-state index is 12.5. The van der Waals surface area contributed by atoms with Crippen LogP contribution in [0.5, 0.6) is 5.75 Å². The van der Waals surface area contributed by atoms with Gasteiger partial charge < -0.3 is 9.72 Å². The quantitative estimate of drug-likeness (QED) is 0.828. The third-order valence-corrected chi connectivity index (χ3v) is 4.89. The van der Waals surface area contributed by atoms with E-state index in [1.54, 1.807) is 7.11 Å². The van der Waals surface area contributed by atoms with E-state index in [2.05, 4.69) is 22.0 Å². The number of ketones is 1. The van der Waals surface area contributed by atoms with Crippen molar-refractivity contribution in [1.82, 2.24) is 9.88 Å². The molecule has 0 amide bonds. The first-order valence-corrected chi connectivity index (χ1v) is 8.60.